The summed E-state index contributed by atoms with van der Waals surface area (Å²) in [5, 5.41) is 10.5. The van der Waals surface area contributed by atoms with Crippen molar-refractivity contribution in [2.45, 2.75) is 44.0 Å². The van der Waals surface area contributed by atoms with Gasteiger partial charge in [-0.1, -0.05) is 0 Å². The molecule has 6 fully saturated rings. The summed E-state index contributed by atoms with van der Waals surface area (Å²) >= 11 is 0. The molecule has 0 radical (unpaired) electrons. The van der Waals surface area contributed by atoms with Crippen molar-refractivity contribution in [1.82, 2.24) is 0 Å². The molecule has 2 heteroatoms. The van der Waals surface area contributed by atoms with Crippen molar-refractivity contribution >= 4 is 0 Å². The summed E-state index contributed by atoms with van der Waals surface area (Å²) in [6, 6.07) is 0. The van der Waals surface area contributed by atoms with E-state index < -0.39 is 0 Å². The Morgan fingerprint density at radius 3 is 2.00 bits per heavy atom. The van der Waals surface area contributed by atoms with Crippen LogP contribution in [0.3, 0.4) is 0 Å². The summed E-state index contributed by atoms with van der Waals surface area (Å²) in [7, 11) is 0. The van der Waals surface area contributed by atoms with Gasteiger partial charge in [-0.3, -0.25) is 0 Å². The maximum absolute atomic E-state index is 10.5. The molecule has 2 bridgehead atoms. The van der Waals surface area contributed by atoms with Gasteiger partial charge in [0.05, 0.1) is 18.3 Å². The van der Waals surface area contributed by atoms with Crippen LogP contribution in [0.5, 0.6) is 0 Å². The average Bonchev–Trinajstić information content (AvgIpc) is 3.18. The highest BCUT2D eigenvalue weighted by Crippen LogP contribution is 2.74. The molecule has 1 N–H and O–H groups in total. The number of ether oxygens (including phenoxy) is 1. The molecule has 2 nitrogen and oxygen atoms in total. The van der Waals surface area contributed by atoms with Crippen LogP contribution in [0, 0.1) is 47.3 Å². The van der Waals surface area contributed by atoms with E-state index in [2.05, 4.69) is 0 Å². The maximum atomic E-state index is 10.5. The fourth-order valence-electron chi connectivity index (χ4n) is 7.02. The van der Waals surface area contributed by atoms with Crippen molar-refractivity contribution in [1.29, 1.82) is 0 Å². The minimum atomic E-state index is 0.0822. The molecule has 1 aliphatic heterocycles. The van der Waals surface area contributed by atoms with Crippen LogP contribution in [-0.2, 0) is 4.74 Å². The van der Waals surface area contributed by atoms with Crippen molar-refractivity contribution in [3.63, 3.8) is 0 Å². The molecule has 5 aliphatic carbocycles. The molecular formula is C15H20O2. The molecule has 0 aromatic carbocycles. The van der Waals surface area contributed by atoms with Gasteiger partial charge in [0.2, 0.25) is 0 Å². The zero-order chi connectivity index (χ0) is 10.9. The first-order chi connectivity index (χ1) is 8.33. The quantitative estimate of drug-likeness (QED) is 0.644. The highest BCUT2D eigenvalue weighted by molar-refractivity contribution is 5.20. The maximum Gasteiger partial charge on any atom is 0.0844 e. The van der Waals surface area contributed by atoms with E-state index in [0.29, 0.717) is 18.1 Å². The Morgan fingerprint density at radius 2 is 1.24 bits per heavy atom. The van der Waals surface area contributed by atoms with Gasteiger partial charge in [-0.05, 0) is 73.0 Å². The van der Waals surface area contributed by atoms with E-state index in [0.717, 1.165) is 41.4 Å². The Hall–Kier alpha value is -0.0800. The Labute approximate surface area is 102 Å². The van der Waals surface area contributed by atoms with Crippen molar-refractivity contribution in [3.8, 4) is 0 Å². The number of aliphatic hydroxyl groups excluding tert-OH is 1. The largest absolute Gasteiger partial charge is 0.393 e. The third-order valence-corrected chi connectivity index (χ3v) is 7.54. The smallest absolute Gasteiger partial charge is 0.0844 e. The molecule has 1 saturated heterocycles. The standard InChI is InChI=1S/C15H20O2/c16-15-10-2-9(10)13-7-1-8(14(13)15)6-4-12-11(17-12)3-5(6)7/h5-16H,1-4H2/t5?,6?,7?,8?,9?,10?,11?,12?,13?,14-,15?/m1/s1. The molecule has 1 heterocycles. The first kappa shape index (κ1) is 8.92. The zero-order valence-corrected chi connectivity index (χ0v) is 10.0. The second kappa shape index (κ2) is 2.46. The lowest BCUT2D eigenvalue weighted by Gasteiger charge is -2.42. The lowest BCUT2D eigenvalue weighted by atomic mass is 9.63. The molecule has 17 heavy (non-hydrogen) atoms. The Balaban J connectivity index is 1.42. The molecule has 6 rings (SSSR count). The minimum absolute atomic E-state index is 0.0822. The molecule has 6 aliphatic rings. The summed E-state index contributed by atoms with van der Waals surface area (Å²) in [4.78, 5) is 0. The Bertz CT molecular complexity index is 386. The fraction of sp³-hybridized carbons (Fsp3) is 1.00. The molecule has 92 valence electrons. The minimum Gasteiger partial charge on any atom is -0.393 e. The molecular weight excluding hydrogens is 212 g/mol. The molecule has 0 aromatic rings. The summed E-state index contributed by atoms with van der Waals surface area (Å²) in [6.07, 6.45) is 6.88. The number of hydrogen-bond donors (Lipinski definition) is 1. The van der Waals surface area contributed by atoms with E-state index in [1.165, 1.54) is 25.7 Å². The van der Waals surface area contributed by atoms with Gasteiger partial charge in [0, 0.05) is 0 Å². The third kappa shape index (κ3) is 0.859. The molecule has 10 unspecified atom stereocenters. The summed E-state index contributed by atoms with van der Waals surface area (Å²) in [5.74, 6) is 7.06. The van der Waals surface area contributed by atoms with Gasteiger partial charge in [-0.25, -0.2) is 0 Å². The van der Waals surface area contributed by atoms with Gasteiger partial charge >= 0.3 is 0 Å². The number of hydrogen-bond acceptors (Lipinski definition) is 2. The predicted octanol–water partition coefficient (Wildman–Crippen LogP) is 1.67. The van der Waals surface area contributed by atoms with Gasteiger partial charge in [0.1, 0.15) is 0 Å². The first-order valence-corrected chi connectivity index (χ1v) is 7.66. The second-order valence-corrected chi connectivity index (χ2v) is 7.78. The van der Waals surface area contributed by atoms with Crippen molar-refractivity contribution in [2.24, 2.45) is 47.3 Å². The van der Waals surface area contributed by atoms with Gasteiger partial charge in [0.25, 0.3) is 0 Å². The van der Waals surface area contributed by atoms with E-state index in [-0.39, 0.29) is 6.10 Å². The van der Waals surface area contributed by atoms with Gasteiger partial charge in [-0.2, -0.15) is 0 Å². The summed E-state index contributed by atoms with van der Waals surface area (Å²) in [6.45, 7) is 0. The lowest BCUT2D eigenvalue weighted by Crippen LogP contribution is -2.41. The van der Waals surface area contributed by atoms with E-state index in [9.17, 15) is 5.11 Å². The van der Waals surface area contributed by atoms with Gasteiger partial charge in [0.15, 0.2) is 0 Å². The molecule has 0 spiro atoms. The van der Waals surface area contributed by atoms with Gasteiger partial charge in [-0.15, -0.1) is 0 Å². The monoisotopic (exact) mass is 232 g/mol. The van der Waals surface area contributed by atoms with Gasteiger partial charge < -0.3 is 9.84 Å². The number of rotatable bonds is 0. The highest BCUT2D eigenvalue weighted by Gasteiger charge is 2.72. The normalized spacial score (nSPS) is 77.1. The number of aliphatic hydroxyl groups is 1. The van der Waals surface area contributed by atoms with E-state index in [1.54, 1.807) is 0 Å². The van der Waals surface area contributed by atoms with Crippen LogP contribution in [-0.4, -0.2) is 23.4 Å². The van der Waals surface area contributed by atoms with Crippen molar-refractivity contribution in [3.05, 3.63) is 0 Å². The molecule has 0 amide bonds. The van der Waals surface area contributed by atoms with Crippen LogP contribution in [0.1, 0.15) is 25.7 Å². The topological polar surface area (TPSA) is 32.8 Å². The SMILES string of the molecule is OC1C2CC2C2C3CC(C4CC5OC5CC43)[C@@H]12. The predicted molar refractivity (Wildman–Crippen MR) is 61.1 cm³/mol. The van der Waals surface area contributed by atoms with Crippen LogP contribution in [0.4, 0.5) is 0 Å². The average molecular weight is 232 g/mol. The van der Waals surface area contributed by atoms with Crippen LogP contribution in [0.25, 0.3) is 0 Å². The Kier molecular flexibility index (Phi) is 1.29. The molecule has 5 saturated carbocycles. The van der Waals surface area contributed by atoms with E-state index >= 15 is 0 Å². The zero-order valence-electron chi connectivity index (χ0n) is 10.0. The third-order valence-electron chi connectivity index (χ3n) is 7.54. The van der Waals surface area contributed by atoms with Crippen molar-refractivity contribution < 1.29 is 9.84 Å². The fourth-order valence-corrected chi connectivity index (χ4v) is 7.02. The number of epoxide rings is 1. The van der Waals surface area contributed by atoms with Crippen LogP contribution in [0.15, 0.2) is 0 Å². The van der Waals surface area contributed by atoms with E-state index in [4.69, 9.17) is 4.74 Å². The second-order valence-electron chi connectivity index (χ2n) is 7.78. The van der Waals surface area contributed by atoms with Crippen LogP contribution in [0.2, 0.25) is 0 Å². The van der Waals surface area contributed by atoms with Crippen LogP contribution < -0.4 is 0 Å². The number of fused-ring (bicyclic) bond motifs is 11. The first-order valence-electron chi connectivity index (χ1n) is 7.66. The Morgan fingerprint density at radius 1 is 0.647 bits per heavy atom. The summed E-state index contributed by atoms with van der Waals surface area (Å²) < 4.78 is 5.76. The lowest BCUT2D eigenvalue weighted by molar-refractivity contribution is 0.00730. The van der Waals surface area contributed by atoms with Crippen LogP contribution >= 0.6 is 0 Å². The van der Waals surface area contributed by atoms with E-state index in [1.807, 2.05) is 0 Å². The summed E-state index contributed by atoms with van der Waals surface area (Å²) in [5.41, 5.74) is 0. The molecule has 0 aromatic heterocycles. The molecule has 11 atom stereocenters. The van der Waals surface area contributed by atoms with Crippen molar-refractivity contribution in [2.75, 3.05) is 0 Å². The highest BCUT2D eigenvalue weighted by atomic mass is 16.6.